The third-order valence-electron chi connectivity index (χ3n) is 3.06. The van der Waals surface area contributed by atoms with E-state index in [2.05, 4.69) is 25.7 Å². The van der Waals surface area contributed by atoms with Crippen molar-refractivity contribution in [3.05, 3.63) is 12.7 Å². The lowest BCUT2D eigenvalue weighted by Crippen LogP contribution is -2.30. The summed E-state index contributed by atoms with van der Waals surface area (Å²) in [4.78, 5) is 11.0. The molecule has 1 N–H and O–H groups in total. The van der Waals surface area contributed by atoms with E-state index in [-0.39, 0.29) is 11.9 Å². The first-order valence-electron chi connectivity index (χ1n) is 7.13. The first kappa shape index (κ1) is 16.2. The Hall–Kier alpha value is -0.790. The van der Waals surface area contributed by atoms with E-state index in [1.54, 1.807) is 0 Å². The van der Waals surface area contributed by atoms with Crippen LogP contribution in [0.2, 0.25) is 0 Å². The van der Waals surface area contributed by atoms with Crippen LogP contribution in [0.5, 0.6) is 0 Å². The summed E-state index contributed by atoms with van der Waals surface area (Å²) in [6.45, 7) is 7.75. The second-order valence-corrected chi connectivity index (χ2v) is 4.88. The Morgan fingerprint density at radius 2 is 1.65 bits per heavy atom. The molecule has 0 aromatic heterocycles. The van der Waals surface area contributed by atoms with E-state index in [0.29, 0.717) is 0 Å². The quantitative estimate of drug-likeness (QED) is 0.425. The van der Waals surface area contributed by atoms with Crippen LogP contribution in [0, 0.1) is 0 Å². The minimum absolute atomic E-state index is 0.0583. The number of unbranched alkanes of at least 4 members (excludes halogenated alkanes) is 7. The minimum atomic E-state index is -0.0583. The summed E-state index contributed by atoms with van der Waals surface area (Å²) < 4.78 is 0. The lowest BCUT2D eigenvalue weighted by atomic mass is 10.1. The summed E-state index contributed by atoms with van der Waals surface area (Å²) in [6.07, 6.45) is 13.1. The van der Waals surface area contributed by atoms with Gasteiger partial charge in [0.1, 0.15) is 0 Å². The van der Waals surface area contributed by atoms with Gasteiger partial charge in [-0.05, 0) is 19.4 Å². The molecule has 0 saturated carbocycles. The van der Waals surface area contributed by atoms with Crippen molar-refractivity contribution in [1.29, 1.82) is 0 Å². The molecule has 0 aliphatic rings. The van der Waals surface area contributed by atoms with Crippen molar-refractivity contribution in [3.63, 3.8) is 0 Å². The molecule has 0 heterocycles. The normalized spacial score (nSPS) is 12.1. The molecular weight excluding hydrogens is 210 g/mol. The Morgan fingerprint density at radius 3 is 2.18 bits per heavy atom. The molecular formula is C15H29NO. The molecule has 1 atom stereocenters. The van der Waals surface area contributed by atoms with Crippen LogP contribution in [0.3, 0.4) is 0 Å². The molecule has 0 fully saturated rings. The maximum absolute atomic E-state index is 11.0. The van der Waals surface area contributed by atoms with Crippen molar-refractivity contribution in [2.75, 3.05) is 0 Å². The Labute approximate surface area is 107 Å². The highest BCUT2D eigenvalue weighted by atomic mass is 16.1. The predicted octanol–water partition coefficient (Wildman–Crippen LogP) is 4.21. The molecule has 0 saturated heterocycles. The van der Waals surface area contributed by atoms with Crippen LogP contribution in [0.25, 0.3) is 0 Å². The summed E-state index contributed by atoms with van der Waals surface area (Å²) >= 11 is 0. The van der Waals surface area contributed by atoms with Gasteiger partial charge in [-0.3, -0.25) is 4.79 Å². The van der Waals surface area contributed by atoms with Crippen LogP contribution in [-0.2, 0) is 4.79 Å². The zero-order valence-electron chi connectivity index (χ0n) is 11.6. The second kappa shape index (κ2) is 11.7. The molecule has 0 bridgehead atoms. The van der Waals surface area contributed by atoms with Gasteiger partial charge in [-0.15, -0.1) is 0 Å². The van der Waals surface area contributed by atoms with Crippen molar-refractivity contribution in [2.24, 2.45) is 0 Å². The third-order valence-corrected chi connectivity index (χ3v) is 3.06. The van der Waals surface area contributed by atoms with E-state index < -0.39 is 0 Å². The zero-order chi connectivity index (χ0) is 12.9. The predicted molar refractivity (Wildman–Crippen MR) is 75.0 cm³/mol. The molecule has 100 valence electrons. The number of rotatable bonds is 11. The van der Waals surface area contributed by atoms with Crippen LogP contribution in [0.15, 0.2) is 12.7 Å². The van der Waals surface area contributed by atoms with E-state index in [0.717, 1.165) is 6.42 Å². The van der Waals surface area contributed by atoms with Gasteiger partial charge in [-0.25, -0.2) is 0 Å². The number of amides is 1. The van der Waals surface area contributed by atoms with Gasteiger partial charge in [0.2, 0.25) is 5.91 Å². The van der Waals surface area contributed by atoms with Crippen LogP contribution in [0.1, 0.15) is 71.6 Å². The van der Waals surface area contributed by atoms with Gasteiger partial charge in [-0.1, -0.05) is 64.9 Å². The second-order valence-electron chi connectivity index (χ2n) is 4.88. The Morgan fingerprint density at radius 1 is 1.12 bits per heavy atom. The first-order chi connectivity index (χ1) is 8.20. The van der Waals surface area contributed by atoms with E-state index >= 15 is 0 Å². The van der Waals surface area contributed by atoms with E-state index in [1.807, 2.05) is 0 Å². The maximum atomic E-state index is 11.0. The summed E-state index contributed by atoms with van der Waals surface area (Å²) in [5.41, 5.74) is 0. The number of nitrogens with one attached hydrogen (secondary N) is 1. The van der Waals surface area contributed by atoms with Crippen LogP contribution >= 0.6 is 0 Å². The molecule has 17 heavy (non-hydrogen) atoms. The Balaban J connectivity index is 3.21. The fraction of sp³-hybridized carbons (Fsp3) is 0.800. The number of carbonyl (C=O) groups is 1. The monoisotopic (exact) mass is 239 g/mol. The molecule has 0 aromatic carbocycles. The first-order valence-corrected chi connectivity index (χ1v) is 7.13. The van der Waals surface area contributed by atoms with Crippen LogP contribution in [-0.4, -0.2) is 11.9 Å². The zero-order valence-corrected chi connectivity index (χ0v) is 11.6. The van der Waals surface area contributed by atoms with Gasteiger partial charge in [0.05, 0.1) is 0 Å². The van der Waals surface area contributed by atoms with Gasteiger partial charge in [-0.2, -0.15) is 0 Å². The SMILES string of the molecule is C=CC(=O)NC(C)CCCCCCCCCC. The Kier molecular flexibility index (Phi) is 11.1. The topological polar surface area (TPSA) is 29.1 Å². The maximum Gasteiger partial charge on any atom is 0.243 e. The van der Waals surface area contributed by atoms with Crippen molar-refractivity contribution < 1.29 is 4.79 Å². The smallest absolute Gasteiger partial charge is 0.243 e. The fourth-order valence-electron chi connectivity index (χ4n) is 1.96. The molecule has 2 heteroatoms. The molecule has 2 nitrogen and oxygen atoms in total. The highest BCUT2D eigenvalue weighted by Crippen LogP contribution is 2.10. The minimum Gasteiger partial charge on any atom is -0.350 e. The van der Waals surface area contributed by atoms with Gasteiger partial charge < -0.3 is 5.32 Å². The highest BCUT2D eigenvalue weighted by Gasteiger charge is 2.03. The van der Waals surface area contributed by atoms with Gasteiger partial charge in [0.15, 0.2) is 0 Å². The Bertz CT molecular complexity index is 201. The average molecular weight is 239 g/mol. The van der Waals surface area contributed by atoms with Crippen molar-refractivity contribution in [3.8, 4) is 0 Å². The summed E-state index contributed by atoms with van der Waals surface area (Å²) in [6, 6.07) is 0.278. The molecule has 0 spiro atoms. The largest absolute Gasteiger partial charge is 0.350 e. The average Bonchev–Trinajstić information content (AvgIpc) is 2.32. The lowest BCUT2D eigenvalue weighted by molar-refractivity contribution is -0.117. The van der Waals surface area contributed by atoms with Gasteiger partial charge in [0.25, 0.3) is 0 Å². The molecule has 0 aliphatic carbocycles. The van der Waals surface area contributed by atoms with Crippen LogP contribution in [0.4, 0.5) is 0 Å². The summed E-state index contributed by atoms with van der Waals surface area (Å²) in [5.74, 6) is -0.0583. The van der Waals surface area contributed by atoms with Crippen molar-refractivity contribution in [2.45, 2.75) is 77.7 Å². The summed E-state index contributed by atoms with van der Waals surface area (Å²) in [7, 11) is 0. The van der Waals surface area contributed by atoms with Crippen molar-refractivity contribution >= 4 is 5.91 Å². The standard InChI is InChI=1S/C15H29NO/c1-4-6-7-8-9-10-11-12-13-14(3)16-15(17)5-2/h5,14H,2,4,6-13H2,1,3H3,(H,16,17). The number of hydrogen-bond acceptors (Lipinski definition) is 1. The van der Waals surface area contributed by atoms with E-state index in [1.165, 1.54) is 57.4 Å². The van der Waals surface area contributed by atoms with Gasteiger partial charge >= 0.3 is 0 Å². The fourth-order valence-corrected chi connectivity index (χ4v) is 1.96. The summed E-state index contributed by atoms with van der Waals surface area (Å²) in [5, 5.41) is 2.89. The third kappa shape index (κ3) is 11.5. The van der Waals surface area contributed by atoms with Gasteiger partial charge in [0, 0.05) is 6.04 Å². The lowest BCUT2D eigenvalue weighted by Gasteiger charge is -2.11. The molecule has 0 aromatic rings. The molecule has 0 radical (unpaired) electrons. The molecule has 0 aliphatic heterocycles. The van der Waals surface area contributed by atoms with Crippen molar-refractivity contribution in [1.82, 2.24) is 5.32 Å². The number of hydrogen-bond donors (Lipinski definition) is 1. The van der Waals surface area contributed by atoms with Crippen LogP contribution < -0.4 is 5.32 Å². The number of carbonyl (C=O) groups excluding carboxylic acids is 1. The van der Waals surface area contributed by atoms with E-state index in [4.69, 9.17) is 0 Å². The molecule has 1 amide bonds. The molecule has 0 rings (SSSR count). The highest BCUT2D eigenvalue weighted by molar-refractivity contribution is 5.87. The molecule has 1 unspecified atom stereocenters. The van der Waals surface area contributed by atoms with E-state index in [9.17, 15) is 4.79 Å².